The maximum atomic E-state index is 7.44. The molecule has 0 unspecified atom stereocenters. The van der Waals surface area contributed by atoms with Gasteiger partial charge in [-0.05, 0) is 323 Å². The molecule has 16 aromatic carbocycles. The predicted molar refractivity (Wildman–Crippen MR) is 630 cm³/mol. The summed E-state index contributed by atoms with van der Waals surface area (Å²) in [6, 6.07) is 116. The lowest BCUT2D eigenvalue weighted by Crippen LogP contribution is -2.25. The summed E-state index contributed by atoms with van der Waals surface area (Å²) in [5.41, 5.74) is 55.2. The number of anilines is 3. The van der Waals surface area contributed by atoms with Gasteiger partial charge in [0.05, 0.1) is 0 Å². The van der Waals surface area contributed by atoms with Crippen molar-refractivity contribution in [1.82, 2.24) is 0 Å². The molecule has 3 heteroatoms. The van der Waals surface area contributed by atoms with E-state index in [4.69, 9.17) is 8.83 Å². The summed E-state index contributed by atoms with van der Waals surface area (Å²) < 4.78 is 14.8. The highest BCUT2D eigenvalue weighted by Gasteiger charge is 2.52. The van der Waals surface area contributed by atoms with Gasteiger partial charge in [0.25, 0.3) is 0 Å². The van der Waals surface area contributed by atoms with Crippen LogP contribution in [0, 0.1) is 0 Å². The standard InChI is InChI=1S/C145H147NO2/c1-18-22-26-30-42-76-144(77-43-31-27-23-19-2)115-50-38-34-46-101(115)107-70-57-94(84-124(107)144)91-55-68-104-103-67-54-90(80-117(103)139(8,9)118(104)81-91)93-59-73-111-121(83-93)142(14,15)135-133(111)137-132(113-49-37-41-53-128(113)148-137)131-110-75-66-100(88-123(110)143(16,17)134(131)135)146(98-63-61-97(62-64-98)138(5,6)7)99-65-74-109-122(87-99)141(12,13)126-89-114(129-112-48-36-40-52-127(112)147-136(129)130(109)126)96-60-72-106-105-69-56-92(82-119(105)140(10,11)120(106)86-96)95-58-71-108-102-47-35-39-51-116(102)145(125(108)85-95,78-44-32-28-24-20-3)79-45-33-29-25-21-4/h34-41,46-75,80-89H,18-33,42-45,76-79H2,1-17H3. The van der Waals surface area contributed by atoms with Crippen molar-refractivity contribution in [3.63, 3.8) is 0 Å². The minimum Gasteiger partial charge on any atom is -0.455 e. The van der Waals surface area contributed by atoms with Gasteiger partial charge in [0.1, 0.15) is 22.3 Å². The Bertz CT molecular complexity index is 8380. The van der Waals surface area contributed by atoms with Crippen LogP contribution >= 0.6 is 0 Å². The molecule has 18 aromatic rings. The highest BCUT2D eigenvalue weighted by molar-refractivity contribution is 6.22. The first-order valence-electron chi connectivity index (χ1n) is 57.1. The molecule has 744 valence electrons. The molecular formula is C145H147NO2. The van der Waals surface area contributed by atoms with Crippen LogP contribution in [0.2, 0.25) is 0 Å². The number of rotatable bonds is 31. The second kappa shape index (κ2) is 36.1. The molecule has 148 heavy (non-hydrogen) atoms. The van der Waals surface area contributed by atoms with E-state index >= 15 is 0 Å². The van der Waals surface area contributed by atoms with E-state index in [-0.39, 0.29) is 27.1 Å². The molecule has 3 nitrogen and oxygen atoms in total. The van der Waals surface area contributed by atoms with Gasteiger partial charge in [-0.15, -0.1) is 0 Å². The smallest absolute Gasteiger partial charge is 0.144 e. The van der Waals surface area contributed by atoms with Gasteiger partial charge >= 0.3 is 0 Å². The lowest BCUT2D eigenvalue weighted by Gasteiger charge is -2.33. The Labute approximate surface area is 880 Å². The van der Waals surface area contributed by atoms with Crippen molar-refractivity contribution >= 4 is 60.9 Å². The molecule has 0 spiro atoms. The summed E-state index contributed by atoms with van der Waals surface area (Å²) in [6.07, 6.45) is 30.8. The van der Waals surface area contributed by atoms with E-state index in [2.05, 4.69) is 414 Å². The fourth-order valence-corrected chi connectivity index (χ4v) is 29.8. The fraction of sp³-hybridized carbons (Fsp3) is 0.338. The van der Waals surface area contributed by atoms with E-state index in [9.17, 15) is 0 Å². The van der Waals surface area contributed by atoms with E-state index in [1.54, 1.807) is 22.3 Å². The highest BCUT2D eigenvalue weighted by Crippen LogP contribution is 2.67. The molecule has 0 saturated heterocycles. The van der Waals surface area contributed by atoms with Gasteiger partial charge in [0.15, 0.2) is 0 Å². The van der Waals surface area contributed by atoms with Gasteiger partial charge in [0, 0.05) is 87.6 Å². The van der Waals surface area contributed by atoms with Gasteiger partial charge in [-0.1, -0.05) is 440 Å². The Morgan fingerprint density at radius 2 is 0.520 bits per heavy atom. The number of hydrogen-bond donors (Lipinski definition) is 0. The van der Waals surface area contributed by atoms with Crippen LogP contribution in [-0.2, 0) is 43.3 Å². The Morgan fingerprint density at radius 1 is 0.223 bits per heavy atom. The monoisotopic (exact) mass is 1930 g/mol. The largest absolute Gasteiger partial charge is 0.455 e. The van der Waals surface area contributed by atoms with Crippen LogP contribution in [0.5, 0.6) is 0 Å². The molecule has 0 radical (unpaired) electrons. The summed E-state index contributed by atoms with van der Waals surface area (Å²) in [7, 11) is 0. The summed E-state index contributed by atoms with van der Waals surface area (Å²) >= 11 is 0. The maximum Gasteiger partial charge on any atom is 0.144 e. The quantitative estimate of drug-likeness (QED) is 0.0406. The molecule has 25 rings (SSSR count). The van der Waals surface area contributed by atoms with Crippen molar-refractivity contribution in [2.45, 2.75) is 315 Å². The van der Waals surface area contributed by atoms with E-state index in [0.29, 0.717) is 0 Å². The molecule has 0 atom stereocenters. The third-order valence-corrected chi connectivity index (χ3v) is 37.8. The lowest BCUT2D eigenvalue weighted by atomic mass is 9.70. The SMILES string of the molecule is CCCCCCCC1(CCCCCCC)c2ccccc2-c2ccc(-c3ccc4c(c3)C(C)(C)c3cc(-c5ccc6c(c5)C(C)(C)c5c7c(c8c(oc9ccccc98)c5-6)-c5ccc(N(c6ccc(C(C)(C)C)cc6)c6ccc8c(c6)C(C)(C)c6cc(-c9ccc%10c(c9)C(C)(C)c9cc(-c%11ccc%12c(c%11)C(CCCCCCC)(CCCCCCC)c%11ccccc%11-%12)ccc9-%10)c9c(oc%10ccccc%109)c6-8)cc5C7(C)C)ccc3-4)cc21. The minimum absolute atomic E-state index is 0.0174. The predicted octanol–water partition coefficient (Wildman–Crippen LogP) is 42.4. The maximum absolute atomic E-state index is 7.44. The summed E-state index contributed by atoms with van der Waals surface area (Å²) in [4.78, 5) is 2.55. The number of hydrogen-bond acceptors (Lipinski definition) is 3. The lowest BCUT2D eigenvalue weighted by molar-refractivity contribution is 0.399. The molecule has 0 aliphatic heterocycles. The van der Waals surface area contributed by atoms with Crippen LogP contribution in [0.1, 0.15) is 355 Å². The molecule has 0 saturated carbocycles. The Balaban J connectivity index is 0.545. The van der Waals surface area contributed by atoms with Gasteiger partial charge in [-0.3, -0.25) is 0 Å². The first-order chi connectivity index (χ1) is 71.6. The number of para-hydroxylation sites is 2. The molecule has 7 aliphatic rings. The van der Waals surface area contributed by atoms with E-state index in [1.165, 1.54) is 348 Å². The van der Waals surface area contributed by atoms with Crippen molar-refractivity contribution < 1.29 is 8.83 Å². The summed E-state index contributed by atoms with van der Waals surface area (Å²) in [5.74, 6) is 0. The minimum atomic E-state index is -0.454. The third kappa shape index (κ3) is 14.8. The molecule has 2 aromatic heterocycles. The van der Waals surface area contributed by atoms with Crippen molar-refractivity contribution in [3.05, 3.63) is 375 Å². The van der Waals surface area contributed by atoms with Crippen molar-refractivity contribution in [2.24, 2.45) is 0 Å². The Hall–Kier alpha value is -13.1. The van der Waals surface area contributed by atoms with E-state index in [1.807, 2.05) is 0 Å². The summed E-state index contributed by atoms with van der Waals surface area (Å²) in [5, 5.41) is 4.68. The average Bonchev–Trinajstić information content (AvgIpc) is 1.49. The first kappa shape index (κ1) is 95.8. The molecule has 2 heterocycles. The van der Waals surface area contributed by atoms with Crippen LogP contribution in [-0.4, -0.2) is 0 Å². The zero-order chi connectivity index (χ0) is 102. The number of furan rings is 2. The fourth-order valence-electron chi connectivity index (χ4n) is 29.8. The third-order valence-electron chi connectivity index (χ3n) is 37.8. The number of benzene rings is 16. The Kier molecular flexibility index (Phi) is 23.4. The zero-order valence-corrected chi connectivity index (χ0v) is 90.9. The second-order valence-corrected chi connectivity index (χ2v) is 49.4. The summed E-state index contributed by atoms with van der Waals surface area (Å²) in [6.45, 7) is 41.2. The molecule has 7 aliphatic carbocycles. The van der Waals surface area contributed by atoms with Crippen LogP contribution in [0.25, 0.3) is 166 Å². The van der Waals surface area contributed by atoms with Crippen molar-refractivity contribution in [2.75, 3.05) is 4.90 Å². The molecule has 0 N–H and O–H groups in total. The van der Waals surface area contributed by atoms with Gasteiger partial charge in [0.2, 0.25) is 0 Å². The number of unbranched alkanes of at least 4 members (excludes halogenated alkanes) is 16. The highest BCUT2D eigenvalue weighted by atomic mass is 16.3. The van der Waals surface area contributed by atoms with Gasteiger partial charge in [-0.2, -0.15) is 0 Å². The van der Waals surface area contributed by atoms with Gasteiger partial charge < -0.3 is 13.7 Å². The van der Waals surface area contributed by atoms with Gasteiger partial charge in [-0.25, -0.2) is 0 Å². The number of nitrogens with zero attached hydrogens (tertiary/aromatic N) is 1. The molecule has 0 amide bonds. The normalized spacial score (nSPS) is 15.8. The molecular weight excluding hydrogens is 1790 g/mol. The van der Waals surface area contributed by atoms with Crippen molar-refractivity contribution in [1.29, 1.82) is 0 Å². The van der Waals surface area contributed by atoms with Crippen LogP contribution in [0.15, 0.2) is 300 Å². The van der Waals surface area contributed by atoms with Crippen LogP contribution < -0.4 is 4.90 Å². The van der Waals surface area contributed by atoms with Crippen molar-refractivity contribution in [3.8, 4) is 122 Å². The number of fused-ring (bicyclic) bond motifs is 31. The van der Waals surface area contributed by atoms with Crippen LogP contribution in [0.4, 0.5) is 17.1 Å². The molecule has 0 fully saturated rings. The second-order valence-electron chi connectivity index (χ2n) is 49.4. The average molecular weight is 1940 g/mol. The van der Waals surface area contributed by atoms with E-state index < -0.39 is 16.2 Å². The first-order valence-corrected chi connectivity index (χ1v) is 57.1. The topological polar surface area (TPSA) is 29.5 Å². The zero-order valence-electron chi connectivity index (χ0n) is 90.9. The Morgan fingerprint density at radius 3 is 0.946 bits per heavy atom. The molecule has 0 bridgehead atoms. The van der Waals surface area contributed by atoms with E-state index in [0.717, 1.165) is 50.2 Å². The van der Waals surface area contributed by atoms with Crippen LogP contribution in [0.3, 0.4) is 0 Å².